The predicted octanol–water partition coefficient (Wildman–Crippen LogP) is 0.782. The average molecular weight is 257 g/mol. The Kier molecular flexibility index (Phi) is 7.59. The Balaban J connectivity index is 4.79. The van der Waals surface area contributed by atoms with E-state index in [1.807, 2.05) is 13.8 Å². The molecule has 0 spiro atoms. The number of carbonyl (C=O) groups is 2. The molecule has 0 heterocycles. The molecule has 0 aromatic carbocycles. The number of amides is 2. The van der Waals surface area contributed by atoms with E-state index in [4.69, 9.17) is 5.73 Å². The standard InChI is InChI=1S/C13H27N3O2/c1-5-7-13(9-14,8-6-2)12(18)16-10(3)11(17)15-4/h10H,5-9,14H2,1-4H3,(H,15,17)(H,16,18). The van der Waals surface area contributed by atoms with Crippen LogP contribution in [0.5, 0.6) is 0 Å². The molecule has 0 radical (unpaired) electrons. The monoisotopic (exact) mass is 257 g/mol. The van der Waals surface area contributed by atoms with Crippen LogP contribution in [-0.4, -0.2) is 31.4 Å². The van der Waals surface area contributed by atoms with Crippen LogP contribution in [0.3, 0.4) is 0 Å². The third-order valence-corrected chi connectivity index (χ3v) is 3.32. The van der Waals surface area contributed by atoms with E-state index in [1.165, 1.54) is 0 Å². The molecular formula is C13H27N3O2. The van der Waals surface area contributed by atoms with Crippen molar-refractivity contribution in [2.45, 2.75) is 52.5 Å². The summed E-state index contributed by atoms with van der Waals surface area (Å²) in [5.74, 6) is -0.299. The van der Waals surface area contributed by atoms with E-state index in [2.05, 4.69) is 10.6 Å². The van der Waals surface area contributed by atoms with Crippen LogP contribution >= 0.6 is 0 Å². The molecule has 5 nitrogen and oxygen atoms in total. The van der Waals surface area contributed by atoms with Gasteiger partial charge in [-0.05, 0) is 19.8 Å². The van der Waals surface area contributed by atoms with E-state index in [0.29, 0.717) is 6.54 Å². The van der Waals surface area contributed by atoms with Crippen molar-refractivity contribution in [2.24, 2.45) is 11.1 Å². The minimum absolute atomic E-state index is 0.107. The quantitative estimate of drug-likeness (QED) is 0.601. The molecule has 0 saturated carbocycles. The molecule has 0 bridgehead atoms. The molecule has 0 aliphatic carbocycles. The van der Waals surface area contributed by atoms with Crippen LogP contribution in [0.4, 0.5) is 0 Å². The Labute approximate surface area is 110 Å². The zero-order chi connectivity index (χ0) is 14.2. The summed E-state index contributed by atoms with van der Waals surface area (Å²) < 4.78 is 0. The number of hydrogen-bond donors (Lipinski definition) is 3. The van der Waals surface area contributed by atoms with Crippen molar-refractivity contribution >= 4 is 11.8 Å². The molecule has 0 aromatic heterocycles. The van der Waals surface area contributed by atoms with E-state index in [1.54, 1.807) is 14.0 Å². The molecule has 0 rings (SSSR count). The van der Waals surface area contributed by atoms with Crippen molar-refractivity contribution < 1.29 is 9.59 Å². The smallest absolute Gasteiger partial charge is 0.242 e. The zero-order valence-corrected chi connectivity index (χ0v) is 12.0. The fourth-order valence-electron chi connectivity index (χ4n) is 2.24. The Morgan fingerprint density at radius 1 is 1.22 bits per heavy atom. The Morgan fingerprint density at radius 3 is 2.06 bits per heavy atom. The van der Waals surface area contributed by atoms with Gasteiger partial charge in [-0.2, -0.15) is 0 Å². The number of carbonyl (C=O) groups excluding carboxylic acids is 2. The van der Waals surface area contributed by atoms with Gasteiger partial charge >= 0.3 is 0 Å². The van der Waals surface area contributed by atoms with Gasteiger partial charge in [0.1, 0.15) is 6.04 Å². The SMILES string of the molecule is CCCC(CN)(CCC)C(=O)NC(C)C(=O)NC. The lowest BCUT2D eigenvalue weighted by molar-refractivity contribution is -0.135. The Bertz CT molecular complexity index is 273. The van der Waals surface area contributed by atoms with Crippen molar-refractivity contribution in [3.8, 4) is 0 Å². The molecule has 5 heteroatoms. The van der Waals surface area contributed by atoms with Crippen molar-refractivity contribution in [1.82, 2.24) is 10.6 Å². The maximum Gasteiger partial charge on any atom is 0.242 e. The molecule has 1 unspecified atom stereocenters. The van der Waals surface area contributed by atoms with Crippen molar-refractivity contribution in [3.63, 3.8) is 0 Å². The van der Waals surface area contributed by atoms with E-state index in [-0.39, 0.29) is 11.8 Å². The minimum atomic E-state index is -0.536. The molecule has 0 saturated heterocycles. The van der Waals surface area contributed by atoms with Crippen LogP contribution in [-0.2, 0) is 9.59 Å². The van der Waals surface area contributed by atoms with Gasteiger partial charge in [0.15, 0.2) is 0 Å². The number of rotatable bonds is 8. The highest BCUT2D eigenvalue weighted by atomic mass is 16.2. The summed E-state index contributed by atoms with van der Waals surface area (Å²) >= 11 is 0. The highest BCUT2D eigenvalue weighted by Crippen LogP contribution is 2.29. The first-order valence-electron chi connectivity index (χ1n) is 6.70. The fourth-order valence-corrected chi connectivity index (χ4v) is 2.24. The summed E-state index contributed by atoms with van der Waals surface area (Å²) in [6.07, 6.45) is 3.31. The number of hydrogen-bond acceptors (Lipinski definition) is 3. The second kappa shape index (κ2) is 8.08. The van der Waals surface area contributed by atoms with Crippen LogP contribution in [0.15, 0.2) is 0 Å². The molecule has 106 valence electrons. The number of nitrogens with one attached hydrogen (secondary N) is 2. The van der Waals surface area contributed by atoms with Crippen LogP contribution in [0, 0.1) is 5.41 Å². The molecule has 1 atom stereocenters. The molecule has 4 N–H and O–H groups in total. The lowest BCUT2D eigenvalue weighted by atomic mass is 9.78. The first-order chi connectivity index (χ1) is 8.47. The van der Waals surface area contributed by atoms with Gasteiger partial charge in [0.25, 0.3) is 0 Å². The van der Waals surface area contributed by atoms with Crippen LogP contribution in [0.1, 0.15) is 46.5 Å². The first kappa shape index (κ1) is 16.9. The van der Waals surface area contributed by atoms with Crippen molar-refractivity contribution in [1.29, 1.82) is 0 Å². The molecule has 0 aromatic rings. The maximum absolute atomic E-state index is 12.3. The van der Waals surface area contributed by atoms with Gasteiger partial charge in [-0.15, -0.1) is 0 Å². The summed E-state index contributed by atoms with van der Waals surface area (Å²) in [5.41, 5.74) is 5.27. The maximum atomic E-state index is 12.3. The molecule has 0 fully saturated rings. The third kappa shape index (κ3) is 4.29. The summed E-state index contributed by atoms with van der Waals surface area (Å²) in [7, 11) is 1.55. The summed E-state index contributed by atoms with van der Waals surface area (Å²) in [6.45, 7) is 6.07. The summed E-state index contributed by atoms with van der Waals surface area (Å²) in [4.78, 5) is 23.8. The van der Waals surface area contributed by atoms with Gasteiger partial charge in [0.2, 0.25) is 11.8 Å². The van der Waals surface area contributed by atoms with Crippen LogP contribution < -0.4 is 16.4 Å². The second-order valence-electron chi connectivity index (χ2n) is 4.79. The number of nitrogens with two attached hydrogens (primary N) is 1. The van der Waals surface area contributed by atoms with E-state index in [0.717, 1.165) is 25.7 Å². The second-order valence-corrected chi connectivity index (χ2v) is 4.79. The molecule has 2 amide bonds. The Morgan fingerprint density at radius 2 is 1.72 bits per heavy atom. The van der Waals surface area contributed by atoms with Gasteiger partial charge < -0.3 is 16.4 Å². The summed E-state index contributed by atoms with van der Waals surface area (Å²) in [5, 5.41) is 5.28. The predicted molar refractivity (Wildman–Crippen MR) is 73.0 cm³/mol. The first-order valence-corrected chi connectivity index (χ1v) is 6.70. The highest BCUT2D eigenvalue weighted by molar-refractivity contribution is 5.89. The Hall–Kier alpha value is -1.10. The topological polar surface area (TPSA) is 84.2 Å². The largest absolute Gasteiger partial charge is 0.357 e. The van der Waals surface area contributed by atoms with Crippen molar-refractivity contribution in [3.05, 3.63) is 0 Å². The third-order valence-electron chi connectivity index (χ3n) is 3.32. The lowest BCUT2D eigenvalue weighted by Crippen LogP contribution is -2.52. The van der Waals surface area contributed by atoms with E-state index in [9.17, 15) is 9.59 Å². The lowest BCUT2D eigenvalue weighted by Gasteiger charge is -2.31. The number of likely N-dealkylation sites (N-methyl/N-ethyl adjacent to an activating group) is 1. The zero-order valence-electron chi connectivity index (χ0n) is 12.0. The van der Waals surface area contributed by atoms with Gasteiger partial charge in [-0.25, -0.2) is 0 Å². The molecular weight excluding hydrogens is 230 g/mol. The average Bonchev–Trinajstić information content (AvgIpc) is 2.36. The van der Waals surface area contributed by atoms with Gasteiger partial charge in [0.05, 0.1) is 5.41 Å². The van der Waals surface area contributed by atoms with Crippen LogP contribution in [0.2, 0.25) is 0 Å². The van der Waals surface area contributed by atoms with Gasteiger partial charge in [-0.3, -0.25) is 9.59 Å². The highest BCUT2D eigenvalue weighted by Gasteiger charge is 2.36. The van der Waals surface area contributed by atoms with Crippen LogP contribution in [0.25, 0.3) is 0 Å². The molecule has 0 aliphatic heterocycles. The summed E-state index contributed by atoms with van der Waals surface area (Å²) in [6, 6.07) is -0.526. The fraction of sp³-hybridized carbons (Fsp3) is 0.846. The molecule has 0 aliphatic rings. The van der Waals surface area contributed by atoms with E-state index >= 15 is 0 Å². The van der Waals surface area contributed by atoms with Crippen molar-refractivity contribution in [2.75, 3.05) is 13.6 Å². The van der Waals surface area contributed by atoms with Gasteiger partial charge in [0, 0.05) is 13.6 Å². The minimum Gasteiger partial charge on any atom is -0.357 e. The van der Waals surface area contributed by atoms with E-state index < -0.39 is 11.5 Å². The van der Waals surface area contributed by atoms with Gasteiger partial charge in [-0.1, -0.05) is 26.7 Å². The molecule has 18 heavy (non-hydrogen) atoms. The normalized spacial score (nSPS) is 12.9.